The molecule has 0 saturated carbocycles. The molecule has 1 atom stereocenters. The van der Waals surface area contributed by atoms with Crippen LogP contribution in [0.1, 0.15) is 43.4 Å². The lowest BCUT2D eigenvalue weighted by molar-refractivity contribution is -0.139. The first-order valence-corrected chi connectivity index (χ1v) is 10.5. The maximum atomic E-state index is 12.9. The number of carbonyl (C=O) groups is 2. The molecule has 2 aromatic carbocycles. The molecule has 1 N–H and O–H groups in total. The van der Waals surface area contributed by atoms with Gasteiger partial charge >= 0.3 is 0 Å². The monoisotopic (exact) mass is 451 g/mol. The Morgan fingerprint density at radius 2 is 1.69 bits per heavy atom. The first kappa shape index (κ1) is 21.7. The molecule has 0 radical (unpaired) electrons. The fourth-order valence-electron chi connectivity index (χ4n) is 3.43. The van der Waals surface area contributed by atoms with E-state index in [0.29, 0.717) is 27.7 Å². The van der Waals surface area contributed by atoms with Gasteiger partial charge in [-0.05, 0) is 42.3 Å². The number of benzene rings is 2. The minimum absolute atomic E-state index is 0.0345. The third-order valence-corrected chi connectivity index (χ3v) is 5.91. The third-order valence-electron chi connectivity index (χ3n) is 4.92. The average Bonchev–Trinajstić information content (AvgIpc) is 2.95. The number of likely N-dealkylation sites (tertiary alicyclic amines) is 1. The van der Waals surface area contributed by atoms with Crippen molar-refractivity contribution in [2.75, 3.05) is 6.54 Å². The van der Waals surface area contributed by atoms with Crippen LogP contribution in [0.4, 0.5) is 0 Å². The lowest BCUT2D eigenvalue weighted by Crippen LogP contribution is -2.30. The topological polar surface area (TPSA) is 57.6 Å². The number of hydrogen-bond acceptors (Lipinski definition) is 3. The highest BCUT2D eigenvalue weighted by atomic mass is 35.5. The number of amides is 1. The molecular formula is C22H20Cl3NO3. The van der Waals surface area contributed by atoms with Crippen LogP contribution in [0.2, 0.25) is 15.1 Å². The van der Waals surface area contributed by atoms with Gasteiger partial charge in [0.15, 0.2) is 0 Å². The van der Waals surface area contributed by atoms with Crippen LogP contribution in [-0.4, -0.2) is 28.2 Å². The van der Waals surface area contributed by atoms with E-state index in [1.807, 2.05) is 0 Å². The Hall–Kier alpha value is -2.01. The SMILES string of the molecule is CCCCCN1C(=O)C(=O)/C(=C(\O)c2ccc(Cl)c(Cl)c2)C1c1ccc(Cl)cc1. The van der Waals surface area contributed by atoms with Gasteiger partial charge in [0, 0.05) is 17.1 Å². The molecule has 152 valence electrons. The number of Topliss-reactive ketones (excluding diaryl/α,β-unsaturated/α-hetero) is 1. The number of carbonyl (C=O) groups excluding carboxylic acids is 2. The number of halogens is 3. The number of hydrogen-bond donors (Lipinski definition) is 1. The number of aliphatic hydroxyl groups is 1. The van der Waals surface area contributed by atoms with Crippen LogP contribution >= 0.6 is 34.8 Å². The number of unbranched alkanes of at least 4 members (excludes halogenated alkanes) is 2. The summed E-state index contributed by atoms with van der Waals surface area (Å²) in [5.41, 5.74) is 1.06. The zero-order valence-corrected chi connectivity index (χ0v) is 18.1. The molecule has 1 aliphatic heterocycles. The van der Waals surface area contributed by atoms with Gasteiger partial charge in [-0.15, -0.1) is 0 Å². The summed E-state index contributed by atoms with van der Waals surface area (Å²) in [4.78, 5) is 27.2. The van der Waals surface area contributed by atoms with Gasteiger partial charge in [0.05, 0.1) is 21.7 Å². The minimum Gasteiger partial charge on any atom is -0.507 e. The van der Waals surface area contributed by atoms with Crippen molar-refractivity contribution in [2.24, 2.45) is 0 Å². The maximum Gasteiger partial charge on any atom is 0.295 e. The third kappa shape index (κ3) is 4.45. The molecule has 2 aromatic rings. The van der Waals surface area contributed by atoms with Crippen molar-refractivity contribution >= 4 is 52.3 Å². The summed E-state index contributed by atoms with van der Waals surface area (Å²) in [5.74, 6) is -1.62. The first-order chi connectivity index (χ1) is 13.8. The second kappa shape index (κ2) is 9.21. The Balaban J connectivity index is 2.13. The molecule has 0 bridgehead atoms. The van der Waals surface area contributed by atoms with Crippen molar-refractivity contribution in [3.63, 3.8) is 0 Å². The highest BCUT2D eigenvalue weighted by Crippen LogP contribution is 2.40. The van der Waals surface area contributed by atoms with E-state index >= 15 is 0 Å². The van der Waals surface area contributed by atoms with Crippen molar-refractivity contribution in [3.05, 3.63) is 74.2 Å². The molecule has 0 aliphatic carbocycles. The van der Waals surface area contributed by atoms with Crippen molar-refractivity contribution in [1.82, 2.24) is 4.90 Å². The van der Waals surface area contributed by atoms with Crippen LogP contribution in [0.25, 0.3) is 5.76 Å². The molecule has 29 heavy (non-hydrogen) atoms. The van der Waals surface area contributed by atoms with E-state index in [1.54, 1.807) is 30.3 Å². The first-order valence-electron chi connectivity index (χ1n) is 9.34. The lowest BCUT2D eigenvalue weighted by atomic mass is 9.95. The van der Waals surface area contributed by atoms with Gasteiger partial charge in [-0.2, -0.15) is 0 Å². The molecule has 1 heterocycles. The van der Waals surface area contributed by atoms with Crippen LogP contribution in [0, 0.1) is 0 Å². The van der Waals surface area contributed by atoms with Gasteiger partial charge < -0.3 is 10.0 Å². The number of ketones is 1. The van der Waals surface area contributed by atoms with Gasteiger partial charge in [0.25, 0.3) is 11.7 Å². The molecule has 1 aliphatic rings. The van der Waals surface area contributed by atoms with Crippen molar-refractivity contribution in [3.8, 4) is 0 Å². The summed E-state index contributed by atoms with van der Waals surface area (Å²) in [5, 5.41) is 12.1. The van der Waals surface area contributed by atoms with E-state index < -0.39 is 17.7 Å². The molecule has 1 fully saturated rings. The summed E-state index contributed by atoms with van der Waals surface area (Å²) < 4.78 is 0. The molecule has 4 nitrogen and oxygen atoms in total. The normalized spacial score (nSPS) is 18.5. The Kier molecular flexibility index (Phi) is 6.89. The second-order valence-electron chi connectivity index (χ2n) is 6.88. The van der Waals surface area contributed by atoms with Crippen molar-refractivity contribution in [2.45, 2.75) is 32.2 Å². The standard InChI is InChI=1S/C22H20Cl3NO3/c1-2-3-4-11-26-19(13-5-8-15(23)9-6-13)18(21(28)22(26)29)20(27)14-7-10-16(24)17(25)12-14/h5-10,12,19,27H,2-4,11H2,1H3/b20-18-. The molecule has 3 rings (SSSR count). The Labute approximate surface area is 184 Å². The summed E-state index contributed by atoms with van der Waals surface area (Å²) in [6, 6.07) is 10.8. The molecule has 1 saturated heterocycles. The molecule has 0 aromatic heterocycles. The van der Waals surface area contributed by atoms with Gasteiger partial charge in [-0.25, -0.2) is 0 Å². The van der Waals surface area contributed by atoms with E-state index in [0.717, 1.165) is 19.3 Å². The van der Waals surface area contributed by atoms with Gasteiger partial charge in [-0.3, -0.25) is 9.59 Å². The summed E-state index contributed by atoms with van der Waals surface area (Å²) in [7, 11) is 0. The Morgan fingerprint density at radius 3 is 2.31 bits per heavy atom. The largest absolute Gasteiger partial charge is 0.507 e. The minimum atomic E-state index is -0.718. The quantitative estimate of drug-likeness (QED) is 0.243. The zero-order chi connectivity index (χ0) is 21.1. The van der Waals surface area contributed by atoms with Crippen LogP contribution in [0.15, 0.2) is 48.0 Å². The fourth-order valence-corrected chi connectivity index (χ4v) is 3.86. The Morgan fingerprint density at radius 1 is 1.00 bits per heavy atom. The van der Waals surface area contributed by atoms with E-state index in [2.05, 4.69) is 6.92 Å². The molecule has 1 unspecified atom stereocenters. The van der Waals surface area contributed by atoms with Crippen molar-refractivity contribution < 1.29 is 14.7 Å². The maximum absolute atomic E-state index is 12.9. The van der Waals surface area contributed by atoms with E-state index in [4.69, 9.17) is 34.8 Å². The van der Waals surface area contributed by atoms with Crippen LogP contribution in [0.3, 0.4) is 0 Å². The average molecular weight is 453 g/mol. The Bertz CT molecular complexity index is 970. The summed E-state index contributed by atoms with van der Waals surface area (Å²) in [6.07, 6.45) is 2.68. The van der Waals surface area contributed by atoms with Gasteiger partial charge in [0.2, 0.25) is 0 Å². The predicted molar refractivity (Wildman–Crippen MR) is 116 cm³/mol. The lowest BCUT2D eigenvalue weighted by Gasteiger charge is -2.25. The highest BCUT2D eigenvalue weighted by Gasteiger charge is 2.45. The fraction of sp³-hybridized carbons (Fsp3) is 0.273. The second-order valence-corrected chi connectivity index (χ2v) is 8.13. The van der Waals surface area contributed by atoms with Crippen LogP contribution < -0.4 is 0 Å². The van der Waals surface area contributed by atoms with Gasteiger partial charge in [0.1, 0.15) is 5.76 Å². The van der Waals surface area contributed by atoms with Gasteiger partial charge in [-0.1, -0.05) is 66.7 Å². The zero-order valence-electron chi connectivity index (χ0n) is 15.8. The number of aliphatic hydroxyl groups excluding tert-OH is 1. The number of nitrogens with zero attached hydrogens (tertiary/aromatic N) is 1. The summed E-state index contributed by atoms with van der Waals surface area (Å²) in [6.45, 7) is 2.49. The number of rotatable bonds is 6. The highest BCUT2D eigenvalue weighted by molar-refractivity contribution is 6.47. The molecular weight excluding hydrogens is 433 g/mol. The smallest absolute Gasteiger partial charge is 0.295 e. The van der Waals surface area contributed by atoms with E-state index in [1.165, 1.54) is 17.0 Å². The molecule has 0 spiro atoms. The van der Waals surface area contributed by atoms with E-state index in [-0.39, 0.29) is 16.4 Å². The van der Waals surface area contributed by atoms with Crippen LogP contribution in [-0.2, 0) is 9.59 Å². The summed E-state index contributed by atoms with van der Waals surface area (Å²) >= 11 is 18.0. The predicted octanol–water partition coefficient (Wildman–Crippen LogP) is 6.26. The van der Waals surface area contributed by atoms with Crippen molar-refractivity contribution in [1.29, 1.82) is 0 Å². The van der Waals surface area contributed by atoms with Crippen LogP contribution in [0.5, 0.6) is 0 Å². The molecule has 1 amide bonds. The molecule has 7 heteroatoms. The van der Waals surface area contributed by atoms with E-state index in [9.17, 15) is 14.7 Å².